The first-order valence-electron chi connectivity index (χ1n) is 6.10. The van der Waals surface area contributed by atoms with Crippen molar-refractivity contribution in [3.8, 4) is 5.75 Å². The molecule has 3 nitrogen and oxygen atoms in total. The molecule has 0 radical (unpaired) electrons. The lowest BCUT2D eigenvalue weighted by Gasteiger charge is -2.24. The van der Waals surface area contributed by atoms with Crippen LogP contribution in [0.5, 0.6) is 5.75 Å². The number of halogens is 3. The maximum atomic E-state index is 12.8. The highest BCUT2D eigenvalue weighted by atomic mass is 19.4. The normalized spacial score (nSPS) is 19.5. The molecule has 3 rings (SSSR count). The van der Waals surface area contributed by atoms with Gasteiger partial charge >= 0.3 is 6.18 Å². The number of pyridine rings is 1. The van der Waals surface area contributed by atoms with Crippen molar-refractivity contribution in [3.63, 3.8) is 0 Å². The third-order valence-corrected chi connectivity index (χ3v) is 3.65. The Morgan fingerprint density at radius 2 is 2.21 bits per heavy atom. The maximum Gasteiger partial charge on any atom is 0.392 e. The summed E-state index contributed by atoms with van der Waals surface area (Å²) in [6.45, 7) is 0. The minimum Gasteiger partial charge on any atom is -0.493 e. The second kappa shape index (κ2) is 4.15. The number of aryl methyl sites for hydroxylation is 1. The zero-order valence-electron chi connectivity index (χ0n) is 10.4. The van der Waals surface area contributed by atoms with E-state index in [0.717, 1.165) is 5.69 Å². The monoisotopic (exact) mass is 270 g/mol. The molecule has 0 aliphatic heterocycles. The van der Waals surface area contributed by atoms with Gasteiger partial charge in [0, 0.05) is 18.3 Å². The quantitative estimate of drug-likeness (QED) is 0.796. The van der Waals surface area contributed by atoms with Crippen LogP contribution in [0.1, 0.15) is 17.8 Å². The third-order valence-electron chi connectivity index (χ3n) is 3.65. The summed E-state index contributed by atoms with van der Waals surface area (Å²) in [5, 5.41) is 0. The molecule has 1 atom stereocenters. The van der Waals surface area contributed by atoms with Gasteiger partial charge in [0.25, 0.3) is 0 Å². The van der Waals surface area contributed by atoms with Gasteiger partial charge in [0.15, 0.2) is 11.4 Å². The summed E-state index contributed by atoms with van der Waals surface area (Å²) in [4.78, 5) is 4.41. The number of rotatable bonds is 1. The predicted octanol–water partition coefficient (Wildman–Crippen LogP) is 3.01. The van der Waals surface area contributed by atoms with Crippen molar-refractivity contribution in [2.24, 2.45) is 5.92 Å². The van der Waals surface area contributed by atoms with Gasteiger partial charge in [-0.05, 0) is 25.0 Å². The Morgan fingerprint density at radius 3 is 2.89 bits per heavy atom. The minimum atomic E-state index is -4.14. The fourth-order valence-corrected chi connectivity index (χ4v) is 2.64. The van der Waals surface area contributed by atoms with Crippen LogP contribution in [-0.2, 0) is 12.8 Å². The van der Waals surface area contributed by atoms with Crippen LogP contribution in [0.4, 0.5) is 13.2 Å². The summed E-state index contributed by atoms with van der Waals surface area (Å²) in [7, 11) is 1.53. The molecule has 0 fully saturated rings. The molecule has 0 aromatic carbocycles. The Morgan fingerprint density at radius 1 is 1.42 bits per heavy atom. The first-order valence-corrected chi connectivity index (χ1v) is 6.10. The van der Waals surface area contributed by atoms with Gasteiger partial charge in [-0.25, -0.2) is 4.98 Å². The van der Waals surface area contributed by atoms with Gasteiger partial charge in [0.2, 0.25) is 0 Å². The molecule has 19 heavy (non-hydrogen) atoms. The molecule has 2 aromatic rings. The zero-order valence-corrected chi connectivity index (χ0v) is 10.4. The van der Waals surface area contributed by atoms with Gasteiger partial charge in [0.1, 0.15) is 0 Å². The van der Waals surface area contributed by atoms with Crippen molar-refractivity contribution in [2.45, 2.75) is 25.4 Å². The van der Waals surface area contributed by atoms with Crippen molar-refractivity contribution in [1.29, 1.82) is 0 Å². The predicted molar refractivity (Wildman–Crippen MR) is 63.3 cm³/mol. The first-order chi connectivity index (χ1) is 9.00. The minimum absolute atomic E-state index is 0.00678. The van der Waals surface area contributed by atoms with E-state index in [4.69, 9.17) is 4.74 Å². The number of aromatic nitrogens is 2. The third kappa shape index (κ3) is 1.95. The molecule has 0 N–H and O–H groups in total. The Kier molecular flexibility index (Phi) is 2.69. The highest BCUT2D eigenvalue weighted by molar-refractivity contribution is 5.56. The first kappa shape index (κ1) is 12.3. The number of hydrogen-bond acceptors (Lipinski definition) is 2. The summed E-state index contributed by atoms with van der Waals surface area (Å²) in [5.41, 5.74) is 2.00. The molecule has 0 bridgehead atoms. The van der Waals surface area contributed by atoms with Crippen molar-refractivity contribution >= 4 is 5.65 Å². The number of imidazole rings is 1. The lowest BCUT2D eigenvalue weighted by molar-refractivity contribution is -0.177. The second-order valence-corrected chi connectivity index (χ2v) is 4.76. The average Bonchev–Trinajstić information content (AvgIpc) is 2.75. The number of nitrogens with zero attached hydrogens (tertiary/aromatic N) is 2. The van der Waals surface area contributed by atoms with Crippen molar-refractivity contribution in [2.75, 3.05) is 7.11 Å². The highest BCUT2D eigenvalue weighted by Crippen LogP contribution is 2.37. The summed E-state index contributed by atoms with van der Waals surface area (Å²) >= 11 is 0. The Balaban J connectivity index is 2.09. The van der Waals surface area contributed by atoms with Gasteiger partial charge in [-0.1, -0.05) is 0 Å². The van der Waals surface area contributed by atoms with E-state index in [1.54, 1.807) is 22.7 Å². The Labute approximate surface area is 108 Å². The lowest BCUT2D eigenvalue weighted by atomic mass is 9.89. The summed E-state index contributed by atoms with van der Waals surface area (Å²) in [6, 6.07) is 3.51. The van der Waals surface area contributed by atoms with Crippen LogP contribution in [0.3, 0.4) is 0 Å². The number of methoxy groups -OCH3 is 1. The number of hydrogen-bond donors (Lipinski definition) is 0. The van der Waals surface area contributed by atoms with E-state index in [2.05, 4.69) is 4.98 Å². The fourth-order valence-electron chi connectivity index (χ4n) is 2.64. The van der Waals surface area contributed by atoms with E-state index in [1.807, 2.05) is 0 Å². The van der Waals surface area contributed by atoms with Crippen LogP contribution in [0.15, 0.2) is 18.3 Å². The molecule has 2 aromatic heterocycles. The largest absolute Gasteiger partial charge is 0.493 e. The van der Waals surface area contributed by atoms with Crippen LogP contribution < -0.4 is 4.74 Å². The molecular formula is C13H13F3N2O. The lowest BCUT2D eigenvalue weighted by Crippen LogP contribution is -2.29. The molecule has 2 heterocycles. The van der Waals surface area contributed by atoms with Gasteiger partial charge in [0.05, 0.1) is 18.7 Å². The number of alkyl halides is 3. The Hall–Kier alpha value is -1.72. The molecule has 1 unspecified atom stereocenters. The van der Waals surface area contributed by atoms with Crippen LogP contribution in [-0.4, -0.2) is 22.7 Å². The van der Waals surface area contributed by atoms with Gasteiger partial charge in [-0.2, -0.15) is 13.2 Å². The van der Waals surface area contributed by atoms with Crippen LogP contribution in [0.2, 0.25) is 0 Å². The molecule has 0 saturated carbocycles. The number of fused-ring (bicyclic) bond motifs is 3. The summed E-state index contributed by atoms with van der Waals surface area (Å²) < 4.78 is 45.4. The second-order valence-electron chi connectivity index (χ2n) is 4.76. The molecule has 6 heteroatoms. The number of ether oxygens (including phenoxy) is 1. The van der Waals surface area contributed by atoms with E-state index in [9.17, 15) is 13.2 Å². The van der Waals surface area contributed by atoms with Crippen molar-refractivity contribution < 1.29 is 17.9 Å². The zero-order chi connectivity index (χ0) is 13.6. The molecule has 0 spiro atoms. The standard InChI is InChI=1S/C13H13F3N2O/c1-19-11-3-2-6-18-10-7-8(13(14,15)16)4-5-9(10)17-12(11)18/h2-3,6,8H,4-5,7H2,1H3. The van der Waals surface area contributed by atoms with Crippen molar-refractivity contribution in [1.82, 2.24) is 9.38 Å². The smallest absolute Gasteiger partial charge is 0.392 e. The summed E-state index contributed by atoms with van der Waals surface area (Å²) in [5.74, 6) is -0.688. The van der Waals surface area contributed by atoms with Crippen LogP contribution in [0.25, 0.3) is 5.65 Å². The fraction of sp³-hybridized carbons (Fsp3) is 0.462. The maximum absolute atomic E-state index is 12.8. The van der Waals surface area contributed by atoms with Gasteiger partial charge in [-0.3, -0.25) is 0 Å². The summed E-state index contributed by atoms with van der Waals surface area (Å²) in [6.07, 6.45) is -1.93. The van der Waals surface area contributed by atoms with Crippen LogP contribution in [0, 0.1) is 5.92 Å². The Bertz CT molecular complexity index is 618. The van der Waals surface area contributed by atoms with Crippen molar-refractivity contribution in [3.05, 3.63) is 29.7 Å². The van der Waals surface area contributed by atoms with Gasteiger partial charge < -0.3 is 9.14 Å². The highest BCUT2D eigenvalue weighted by Gasteiger charge is 2.42. The SMILES string of the molecule is COc1cccn2c3c(nc12)CCC(C(F)(F)F)C3. The van der Waals surface area contributed by atoms with E-state index in [0.29, 0.717) is 23.5 Å². The van der Waals surface area contributed by atoms with Gasteiger partial charge in [-0.15, -0.1) is 0 Å². The molecule has 0 amide bonds. The molecule has 1 aliphatic carbocycles. The molecule has 102 valence electrons. The molecular weight excluding hydrogens is 257 g/mol. The average molecular weight is 270 g/mol. The van der Waals surface area contributed by atoms with E-state index in [1.165, 1.54) is 7.11 Å². The van der Waals surface area contributed by atoms with E-state index < -0.39 is 12.1 Å². The van der Waals surface area contributed by atoms with E-state index in [-0.39, 0.29) is 12.8 Å². The topological polar surface area (TPSA) is 26.5 Å². The molecule has 1 aliphatic rings. The van der Waals surface area contributed by atoms with E-state index >= 15 is 0 Å². The van der Waals surface area contributed by atoms with Crippen LogP contribution >= 0.6 is 0 Å². The molecule has 0 saturated heterocycles.